The van der Waals surface area contributed by atoms with Crippen LogP contribution in [-0.4, -0.2) is 44.0 Å². The van der Waals surface area contributed by atoms with Crippen molar-refractivity contribution in [3.63, 3.8) is 0 Å². The van der Waals surface area contributed by atoms with Gasteiger partial charge in [-0.2, -0.15) is 0 Å². The maximum Gasteiger partial charge on any atom is 0.314 e. The average molecular weight is 300 g/mol. The van der Waals surface area contributed by atoms with Crippen LogP contribution in [0.25, 0.3) is 0 Å². The Kier molecular flexibility index (Phi) is 8.69. The molecule has 1 aliphatic carbocycles. The van der Waals surface area contributed by atoms with Gasteiger partial charge in [-0.1, -0.05) is 13.8 Å². The topological polar surface area (TPSA) is 70.6 Å². The third-order valence-electron chi connectivity index (χ3n) is 4.51. The molecule has 1 aliphatic rings. The third-order valence-corrected chi connectivity index (χ3v) is 4.51. The summed E-state index contributed by atoms with van der Waals surface area (Å²) >= 11 is 0. The van der Waals surface area contributed by atoms with E-state index >= 15 is 0 Å². The molecule has 0 bridgehead atoms. The highest BCUT2D eigenvalue weighted by molar-refractivity contribution is 5.73. The lowest BCUT2D eigenvalue weighted by molar-refractivity contribution is 0.0598. The lowest BCUT2D eigenvalue weighted by Crippen LogP contribution is -2.40. The van der Waals surface area contributed by atoms with Gasteiger partial charge in [-0.05, 0) is 49.9 Å². The van der Waals surface area contributed by atoms with E-state index in [0.29, 0.717) is 25.5 Å². The molecule has 1 unspecified atom stereocenters. The Morgan fingerprint density at radius 3 is 2.48 bits per heavy atom. The predicted molar refractivity (Wildman–Crippen MR) is 84.2 cm³/mol. The van der Waals surface area contributed by atoms with E-state index in [-0.39, 0.29) is 6.03 Å². The molecule has 1 rings (SSSR count). The molecule has 5 heteroatoms. The molecular weight excluding hydrogens is 268 g/mol. The van der Waals surface area contributed by atoms with Gasteiger partial charge in [0.1, 0.15) is 0 Å². The highest BCUT2D eigenvalue weighted by Crippen LogP contribution is 2.32. The number of aliphatic hydroxyl groups excluding tert-OH is 1. The summed E-state index contributed by atoms with van der Waals surface area (Å²) in [6, 6.07) is -0.134. The van der Waals surface area contributed by atoms with Gasteiger partial charge in [0, 0.05) is 20.2 Å². The zero-order valence-electron chi connectivity index (χ0n) is 13.7. The smallest absolute Gasteiger partial charge is 0.314 e. The fourth-order valence-electron chi connectivity index (χ4n) is 2.99. The van der Waals surface area contributed by atoms with Crippen molar-refractivity contribution in [2.24, 2.45) is 17.8 Å². The van der Waals surface area contributed by atoms with E-state index in [0.717, 1.165) is 18.4 Å². The second kappa shape index (κ2) is 10.0. The van der Waals surface area contributed by atoms with Gasteiger partial charge in [0.25, 0.3) is 0 Å². The van der Waals surface area contributed by atoms with E-state index in [1.807, 2.05) is 0 Å². The van der Waals surface area contributed by atoms with Crippen LogP contribution < -0.4 is 10.6 Å². The van der Waals surface area contributed by atoms with Crippen LogP contribution in [0.3, 0.4) is 0 Å². The molecular formula is C16H32N2O3. The average Bonchev–Trinajstić information content (AvgIpc) is 2.46. The Morgan fingerprint density at radius 2 is 1.90 bits per heavy atom. The Bertz CT molecular complexity index is 289. The summed E-state index contributed by atoms with van der Waals surface area (Å²) in [7, 11) is 1.55. The number of aliphatic hydroxyl groups is 1. The molecule has 0 radical (unpaired) electrons. The van der Waals surface area contributed by atoms with Crippen LogP contribution in [0.1, 0.15) is 46.0 Å². The van der Waals surface area contributed by atoms with E-state index < -0.39 is 6.10 Å². The molecule has 0 aromatic carbocycles. The number of rotatable bonds is 8. The molecule has 0 spiro atoms. The van der Waals surface area contributed by atoms with Crippen molar-refractivity contribution in [3.05, 3.63) is 0 Å². The molecule has 1 atom stereocenters. The Labute approximate surface area is 128 Å². The van der Waals surface area contributed by atoms with Crippen molar-refractivity contribution in [3.8, 4) is 0 Å². The van der Waals surface area contributed by atoms with Gasteiger partial charge in [0.2, 0.25) is 0 Å². The summed E-state index contributed by atoms with van der Waals surface area (Å²) in [4.78, 5) is 11.7. The molecule has 0 saturated heterocycles. The number of carbonyl (C=O) groups is 1. The first-order valence-electron chi connectivity index (χ1n) is 8.21. The number of nitrogens with one attached hydrogen (secondary N) is 2. The zero-order valence-corrected chi connectivity index (χ0v) is 13.7. The second-order valence-corrected chi connectivity index (χ2v) is 6.56. The largest absolute Gasteiger partial charge is 0.391 e. The minimum Gasteiger partial charge on any atom is -0.391 e. The molecule has 5 nitrogen and oxygen atoms in total. The number of carbonyl (C=O) groups excluding carboxylic acids is 1. The summed E-state index contributed by atoms with van der Waals surface area (Å²) in [5.41, 5.74) is 0. The predicted octanol–water partition coefficient (Wildman–Crippen LogP) is 2.15. The van der Waals surface area contributed by atoms with Crippen LogP contribution in [0.4, 0.5) is 4.79 Å². The summed E-state index contributed by atoms with van der Waals surface area (Å²) in [6.07, 6.45) is 5.01. The Hall–Kier alpha value is -0.810. The number of amides is 2. The summed E-state index contributed by atoms with van der Waals surface area (Å²) in [5.74, 6) is 2.25. The lowest BCUT2D eigenvalue weighted by atomic mass is 9.77. The highest BCUT2D eigenvalue weighted by Gasteiger charge is 2.23. The number of hydrogen-bond acceptors (Lipinski definition) is 3. The van der Waals surface area contributed by atoms with E-state index in [1.165, 1.54) is 25.7 Å². The summed E-state index contributed by atoms with van der Waals surface area (Å²) in [6.45, 7) is 6.14. The van der Waals surface area contributed by atoms with Crippen molar-refractivity contribution in [2.45, 2.75) is 52.1 Å². The maximum atomic E-state index is 11.7. The molecule has 124 valence electrons. The van der Waals surface area contributed by atoms with Gasteiger partial charge in [-0.15, -0.1) is 0 Å². The highest BCUT2D eigenvalue weighted by atomic mass is 16.5. The molecule has 0 aromatic rings. The van der Waals surface area contributed by atoms with Gasteiger partial charge in [-0.3, -0.25) is 0 Å². The Morgan fingerprint density at radius 1 is 1.24 bits per heavy atom. The molecule has 0 aromatic heterocycles. The normalized spacial score (nSPS) is 23.9. The Balaban J connectivity index is 2.06. The molecule has 1 fully saturated rings. The molecule has 3 N–H and O–H groups in total. The standard InChI is InChI=1S/C16H32N2O3/c1-12(2)14-6-4-13(5-7-14)10-18-16(20)17-9-8-15(19)11-21-3/h12-15,19H,4-11H2,1-3H3,(H2,17,18,20). The minimum absolute atomic E-state index is 0.134. The number of hydrogen-bond donors (Lipinski definition) is 3. The fraction of sp³-hybridized carbons (Fsp3) is 0.938. The number of methoxy groups -OCH3 is 1. The number of urea groups is 1. The van der Waals surface area contributed by atoms with Crippen LogP contribution in [0.2, 0.25) is 0 Å². The first-order chi connectivity index (χ1) is 10.0. The maximum absolute atomic E-state index is 11.7. The lowest BCUT2D eigenvalue weighted by Gasteiger charge is -2.30. The monoisotopic (exact) mass is 300 g/mol. The zero-order chi connectivity index (χ0) is 15.7. The van der Waals surface area contributed by atoms with Crippen LogP contribution in [0, 0.1) is 17.8 Å². The summed E-state index contributed by atoms with van der Waals surface area (Å²) in [5, 5.41) is 15.2. The molecule has 21 heavy (non-hydrogen) atoms. The first-order valence-corrected chi connectivity index (χ1v) is 8.21. The second-order valence-electron chi connectivity index (χ2n) is 6.56. The molecule has 0 aliphatic heterocycles. The SMILES string of the molecule is COCC(O)CCNC(=O)NCC1CCC(C(C)C)CC1. The van der Waals surface area contributed by atoms with Crippen molar-refractivity contribution in [1.29, 1.82) is 0 Å². The third kappa shape index (κ3) is 7.67. The van der Waals surface area contributed by atoms with Gasteiger partial charge in [0.05, 0.1) is 12.7 Å². The van der Waals surface area contributed by atoms with Gasteiger partial charge in [0.15, 0.2) is 0 Å². The fourth-order valence-corrected chi connectivity index (χ4v) is 2.99. The molecule has 2 amide bonds. The van der Waals surface area contributed by atoms with Crippen molar-refractivity contribution >= 4 is 6.03 Å². The van der Waals surface area contributed by atoms with Gasteiger partial charge in [-0.25, -0.2) is 4.79 Å². The molecule has 0 heterocycles. The summed E-state index contributed by atoms with van der Waals surface area (Å²) < 4.78 is 4.84. The van der Waals surface area contributed by atoms with Crippen LogP contribution >= 0.6 is 0 Å². The quantitative estimate of drug-likeness (QED) is 0.643. The van der Waals surface area contributed by atoms with Crippen LogP contribution in [0.15, 0.2) is 0 Å². The van der Waals surface area contributed by atoms with Crippen molar-refractivity contribution < 1.29 is 14.6 Å². The van der Waals surface area contributed by atoms with E-state index in [2.05, 4.69) is 24.5 Å². The molecule has 1 saturated carbocycles. The van der Waals surface area contributed by atoms with Gasteiger partial charge < -0.3 is 20.5 Å². The van der Waals surface area contributed by atoms with Crippen molar-refractivity contribution in [1.82, 2.24) is 10.6 Å². The van der Waals surface area contributed by atoms with E-state index in [4.69, 9.17) is 4.74 Å². The van der Waals surface area contributed by atoms with E-state index in [1.54, 1.807) is 7.11 Å². The van der Waals surface area contributed by atoms with E-state index in [9.17, 15) is 9.90 Å². The first kappa shape index (κ1) is 18.2. The number of ether oxygens (including phenoxy) is 1. The van der Waals surface area contributed by atoms with Crippen LogP contribution in [0.5, 0.6) is 0 Å². The van der Waals surface area contributed by atoms with Crippen LogP contribution in [-0.2, 0) is 4.74 Å². The minimum atomic E-state index is -0.512. The van der Waals surface area contributed by atoms with Gasteiger partial charge >= 0.3 is 6.03 Å². The van der Waals surface area contributed by atoms with Crippen molar-refractivity contribution in [2.75, 3.05) is 26.8 Å².